The number of rotatable bonds is 7. The van der Waals surface area contributed by atoms with Crippen molar-refractivity contribution in [1.29, 1.82) is 0 Å². The second-order valence-corrected chi connectivity index (χ2v) is 7.89. The number of piperidine rings is 1. The molecule has 0 saturated carbocycles. The number of halogens is 3. The number of nitrogens with one attached hydrogen (secondary N) is 3. The highest BCUT2D eigenvalue weighted by Crippen LogP contribution is 2.42. The molecule has 1 saturated heterocycles. The number of alkyl halides is 3. The lowest BCUT2D eigenvalue weighted by Gasteiger charge is -2.25. The molecule has 186 valence electrons. The standard InChI is InChI=1S/C22H29F3N6O3/c1-4-34-19-16(30-21(32)33-3)8-7-14(17(19)26)12(2)18-15(22(23,24)25)11-28-20(31-18)29-13-6-5-9-27-10-13/h7-8,11-13,27H,4-6,9-10,26H2,1-3H3,(H,30,32)(H,28,29,31)/t12-,13-/m0/s1. The van der Waals surface area contributed by atoms with Gasteiger partial charge in [0.25, 0.3) is 0 Å². The lowest BCUT2D eigenvalue weighted by Crippen LogP contribution is -2.39. The lowest BCUT2D eigenvalue weighted by atomic mass is 9.92. The number of hydrogen-bond acceptors (Lipinski definition) is 8. The summed E-state index contributed by atoms with van der Waals surface area (Å²) in [5.74, 6) is -0.585. The molecule has 2 aromatic rings. The smallest absolute Gasteiger partial charge is 0.419 e. The van der Waals surface area contributed by atoms with Crippen LogP contribution in [0, 0.1) is 0 Å². The van der Waals surface area contributed by atoms with Crippen molar-refractivity contribution in [3.8, 4) is 5.75 Å². The number of anilines is 3. The second-order valence-electron chi connectivity index (χ2n) is 7.89. The van der Waals surface area contributed by atoms with Crippen LogP contribution in [0.15, 0.2) is 18.3 Å². The molecule has 1 fully saturated rings. The van der Waals surface area contributed by atoms with Crippen LogP contribution in [0.3, 0.4) is 0 Å². The molecule has 1 aromatic carbocycles. The fraction of sp³-hybridized carbons (Fsp3) is 0.500. The van der Waals surface area contributed by atoms with Crippen LogP contribution in [0.4, 0.5) is 35.3 Å². The quantitative estimate of drug-likeness (QED) is 0.437. The zero-order valence-corrected chi connectivity index (χ0v) is 19.3. The molecular formula is C22H29F3N6O3. The van der Waals surface area contributed by atoms with Gasteiger partial charge < -0.3 is 25.8 Å². The van der Waals surface area contributed by atoms with E-state index in [4.69, 9.17) is 10.5 Å². The highest BCUT2D eigenvalue weighted by molar-refractivity contribution is 5.89. The zero-order valence-electron chi connectivity index (χ0n) is 19.3. The van der Waals surface area contributed by atoms with E-state index in [1.807, 2.05) is 0 Å². The summed E-state index contributed by atoms with van der Waals surface area (Å²) in [6.45, 7) is 5.11. The van der Waals surface area contributed by atoms with Crippen molar-refractivity contribution in [1.82, 2.24) is 15.3 Å². The number of nitrogens with zero attached hydrogens (tertiary/aromatic N) is 2. The zero-order chi connectivity index (χ0) is 24.9. The van der Waals surface area contributed by atoms with Gasteiger partial charge in [-0.2, -0.15) is 13.2 Å². The van der Waals surface area contributed by atoms with Gasteiger partial charge in [0.2, 0.25) is 5.95 Å². The summed E-state index contributed by atoms with van der Waals surface area (Å²) in [6, 6.07) is 3.06. The molecule has 2 heterocycles. The molecule has 0 unspecified atom stereocenters. The van der Waals surface area contributed by atoms with Crippen LogP contribution in [-0.4, -0.2) is 48.9 Å². The molecule has 1 aromatic heterocycles. The van der Waals surface area contributed by atoms with Gasteiger partial charge in [0, 0.05) is 24.7 Å². The molecule has 2 atom stereocenters. The Morgan fingerprint density at radius 3 is 2.76 bits per heavy atom. The SMILES string of the molecule is CCOc1c(NC(=O)OC)ccc([C@H](C)c2nc(N[C@H]3CCCNC3)ncc2C(F)(F)F)c1N. The Morgan fingerprint density at radius 2 is 2.15 bits per heavy atom. The summed E-state index contributed by atoms with van der Waals surface area (Å²) in [7, 11) is 1.21. The third-order valence-corrected chi connectivity index (χ3v) is 5.57. The summed E-state index contributed by atoms with van der Waals surface area (Å²) in [5.41, 5.74) is 5.86. The minimum absolute atomic E-state index is 0.0203. The Labute approximate surface area is 195 Å². The predicted molar refractivity (Wildman–Crippen MR) is 122 cm³/mol. The van der Waals surface area contributed by atoms with E-state index in [2.05, 4.69) is 30.7 Å². The third-order valence-electron chi connectivity index (χ3n) is 5.57. The van der Waals surface area contributed by atoms with Crippen molar-refractivity contribution in [3.63, 3.8) is 0 Å². The average molecular weight is 483 g/mol. The Kier molecular flexibility index (Phi) is 8.02. The first-order chi connectivity index (χ1) is 16.2. The van der Waals surface area contributed by atoms with Crippen molar-refractivity contribution in [2.45, 2.75) is 44.8 Å². The van der Waals surface area contributed by atoms with Crippen LogP contribution in [0.5, 0.6) is 5.75 Å². The first kappa shape index (κ1) is 25.3. The van der Waals surface area contributed by atoms with E-state index in [-0.39, 0.29) is 41.4 Å². The van der Waals surface area contributed by atoms with Crippen LogP contribution in [0.25, 0.3) is 0 Å². The van der Waals surface area contributed by atoms with E-state index < -0.39 is 23.8 Å². The van der Waals surface area contributed by atoms with Crippen molar-refractivity contribution in [2.75, 3.05) is 43.2 Å². The number of nitrogen functional groups attached to an aromatic ring is 1. The average Bonchev–Trinajstić information content (AvgIpc) is 2.81. The molecule has 0 bridgehead atoms. The normalized spacial score (nSPS) is 17.1. The molecular weight excluding hydrogens is 453 g/mol. The number of amides is 1. The molecule has 0 spiro atoms. The molecule has 5 N–H and O–H groups in total. The van der Waals surface area contributed by atoms with Crippen molar-refractivity contribution in [2.24, 2.45) is 0 Å². The monoisotopic (exact) mass is 482 g/mol. The first-order valence-corrected chi connectivity index (χ1v) is 11.0. The molecule has 9 nitrogen and oxygen atoms in total. The van der Waals surface area contributed by atoms with Gasteiger partial charge in [0.05, 0.1) is 36.3 Å². The topological polar surface area (TPSA) is 123 Å². The predicted octanol–water partition coefficient (Wildman–Crippen LogP) is 3.97. The Morgan fingerprint density at radius 1 is 1.38 bits per heavy atom. The van der Waals surface area contributed by atoms with Gasteiger partial charge in [-0.1, -0.05) is 13.0 Å². The molecule has 34 heavy (non-hydrogen) atoms. The minimum atomic E-state index is -4.65. The van der Waals surface area contributed by atoms with E-state index in [1.165, 1.54) is 19.2 Å². The fourth-order valence-electron chi connectivity index (χ4n) is 3.87. The molecule has 1 aliphatic heterocycles. The minimum Gasteiger partial charge on any atom is -0.490 e. The summed E-state index contributed by atoms with van der Waals surface area (Å²) in [6.07, 6.45) is -2.78. The van der Waals surface area contributed by atoms with E-state index in [0.29, 0.717) is 12.1 Å². The maximum Gasteiger partial charge on any atom is 0.419 e. The van der Waals surface area contributed by atoms with Crippen LogP contribution < -0.4 is 26.4 Å². The second kappa shape index (κ2) is 10.8. The van der Waals surface area contributed by atoms with E-state index >= 15 is 0 Å². The number of ether oxygens (including phenoxy) is 2. The first-order valence-electron chi connectivity index (χ1n) is 11.0. The highest BCUT2D eigenvalue weighted by atomic mass is 19.4. The number of aromatic nitrogens is 2. The largest absolute Gasteiger partial charge is 0.490 e. The molecule has 1 aliphatic rings. The fourth-order valence-corrected chi connectivity index (χ4v) is 3.87. The summed E-state index contributed by atoms with van der Waals surface area (Å²) >= 11 is 0. The van der Waals surface area contributed by atoms with Gasteiger partial charge in [-0.25, -0.2) is 14.8 Å². The van der Waals surface area contributed by atoms with Crippen LogP contribution in [0.2, 0.25) is 0 Å². The Bertz CT molecular complexity index is 1010. The number of hydrogen-bond donors (Lipinski definition) is 4. The van der Waals surface area contributed by atoms with Crippen LogP contribution >= 0.6 is 0 Å². The number of carbonyl (C=O) groups excluding carboxylic acids is 1. The van der Waals surface area contributed by atoms with Crippen molar-refractivity contribution >= 4 is 23.4 Å². The lowest BCUT2D eigenvalue weighted by molar-refractivity contribution is -0.138. The molecule has 1 amide bonds. The van der Waals surface area contributed by atoms with Gasteiger partial charge in [-0.3, -0.25) is 5.32 Å². The summed E-state index contributed by atoms with van der Waals surface area (Å²) in [5, 5.41) is 8.85. The van der Waals surface area contributed by atoms with Crippen LogP contribution in [-0.2, 0) is 10.9 Å². The molecule has 12 heteroatoms. The molecule has 0 aliphatic carbocycles. The van der Waals surface area contributed by atoms with E-state index in [1.54, 1.807) is 13.8 Å². The van der Waals surface area contributed by atoms with Gasteiger partial charge in [-0.05, 0) is 37.9 Å². The van der Waals surface area contributed by atoms with E-state index in [0.717, 1.165) is 25.6 Å². The highest BCUT2D eigenvalue weighted by Gasteiger charge is 2.37. The molecule has 0 radical (unpaired) electrons. The van der Waals surface area contributed by atoms with E-state index in [9.17, 15) is 18.0 Å². The van der Waals surface area contributed by atoms with Gasteiger partial charge in [0.15, 0.2) is 5.75 Å². The maximum atomic E-state index is 13.8. The van der Waals surface area contributed by atoms with Gasteiger partial charge in [0.1, 0.15) is 0 Å². The third kappa shape index (κ3) is 5.79. The van der Waals surface area contributed by atoms with Gasteiger partial charge in [-0.15, -0.1) is 0 Å². The Balaban J connectivity index is 2.02. The number of benzene rings is 1. The molecule has 3 rings (SSSR count). The number of carbonyl (C=O) groups is 1. The van der Waals surface area contributed by atoms with Crippen LogP contribution in [0.1, 0.15) is 49.4 Å². The summed E-state index contributed by atoms with van der Waals surface area (Å²) < 4.78 is 51.7. The number of methoxy groups -OCH3 is 1. The van der Waals surface area contributed by atoms with Gasteiger partial charge >= 0.3 is 12.3 Å². The van der Waals surface area contributed by atoms with Crippen molar-refractivity contribution in [3.05, 3.63) is 35.2 Å². The van der Waals surface area contributed by atoms with Crippen molar-refractivity contribution < 1.29 is 27.4 Å². The number of nitrogens with two attached hydrogens (primary N) is 1. The summed E-state index contributed by atoms with van der Waals surface area (Å²) in [4.78, 5) is 19.8. The Hall–Kier alpha value is -3.28. The maximum absolute atomic E-state index is 13.8.